The van der Waals surface area contributed by atoms with Gasteiger partial charge in [-0.25, -0.2) is 9.18 Å². The minimum atomic E-state index is -1.13. The Labute approximate surface area is 205 Å². The Morgan fingerprint density at radius 2 is 1.69 bits per heavy atom. The Balaban J connectivity index is 1.39. The number of likely N-dealkylation sites (tertiary alicyclic amines) is 1. The molecule has 0 radical (unpaired) electrons. The van der Waals surface area contributed by atoms with Crippen molar-refractivity contribution in [3.63, 3.8) is 0 Å². The summed E-state index contributed by atoms with van der Waals surface area (Å²) in [6.45, 7) is 3.74. The molecule has 7 nitrogen and oxygen atoms in total. The number of benzene rings is 2. The van der Waals surface area contributed by atoms with Crippen LogP contribution in [0.2, 0.25) is 0 Å². The van der Waals surface area contributed by atoms with Crippen molar-refractivity contribution in [2.75, 3.05) is 19.7 Å². The first kappa shape index (κ1) is 26.2. The Morgan fingerprint density at radius 1 is 1.06 bits per heavy atom. The predicted octanol–water partition coefficient (Wildman–Crippen LogP) is 3.60. The Bertz CT molecular complexity index is 986. The molecule has 0 bridgehead atoms. The van der Waals surface area contributed by atoms with Gasteiger partial charge < -0.3 is 20.1 Å². The number of nitrogens with one attached hydrogen (secondary N) is 1. The van der Waals surface area contributed by atoms with Crippen molar-refractivity contribution in [2.24, 2.45) is 5.92 Å². The average Bonchev–Trinajstić information content (AvgIpc) is 2.85. The summed E-state index contributed by atoms with van der Waals surface area (Å²) in [6, 6.07) is 12.3. The van der Waals surface area contributed by atoms with Crippen LogP contribution in [0.3, 0.4) is 0 Å². The van der Waals surface area contributed by atoms with Crippen LogP contribution in [-0.4, -0.2) is 53.5 Å². The van der Waals surface area contributed by atoms with Crippen LogP contribution in [0, 0.1) is 11.7 Å². The van der Waals surface area contributed by atoms with Gasteiger partial charge in [0.25, 0.3) is 0 Å². The summed E-state index contributed by atoms with van der Waals surface area (Å²) in [7, 11) is 0. The SMILES string of the molecule is CCOc1ccc(CCC(=O)N2CCC(CC(=O)NC(Cc3ccc(F)cc3)C(=O)O)CC2)cc1. The number of carboxylic acids is 1. The largest absolute Gasteiger partial charge is 0.494 e. The van der Waals surface area contributed by atoms with Gasteiger partial charge in [0.2, 0.25) is 11.8 Å². The van der Waals surface area contributed by atoms with Crippen LogP contribution in [0.15, 0.2) is 48.5 Å². The molecular formula is C27H33FN2O5. The highest BCUT2D eigenvalue weighted by Gasteiger charge is 2.26. The first-order chi connectivity index (χ1) is 16.8. The molecule has 3 rings (SSSR count). The molecule has 1 heterocycles. The number of amides is 2. The number of carbonyl (C=O) groups is 3. The van der Waals surface area contributed by atoms with E-state index >= 15 is 0 Å². The first-order valence-electron chi connectivity index (χ1n) is 12.1. The molecule has 1 unspecified atom stereocenters. The third-order valence-electron chi connectivity index (χ3n) is 6.29. The first-order valence-corrected chi connectivity index (χ1v) is 12.1. The topological polar surface area (TPSA) is 95.9 Å². The third-order valence-corrected chi connectivity index (χ3v) is 6.29. The minimum Gasteiger partial charge on any atom is -0.494 e. The number of rotatable bonds is 11. The minimum absolute atomic E-state index is 0.0860. The van der Waals surface area contributed by atoms with Crippen LogP contribution in [0.5, 0.6) is 5.75 Å². The molecule has 1 fully saturated rings. The van der Waals surface area contributed by atoms with Gasteiger partial charge >= 0.3 is 5.97 Å². The summed E-state index contributed by atoms with van der Waals surface area (Å²) in [6.07, 6.45) is 2.82. The molecule has 0 aromatic heterocycles. The molecule has 35 heavy (non-hydrogen) atoms. The van der Waals surface area contributed by atoms with Gasteiger partial charge in [-0.05, 0) is 67.5 Å². The van der Waals surface area contributed by atoms with E-state index in [-0.39, 0.29) is 30.6 Å². The smallest absolute Gasteiger partial charge is 0.326 e. The molecule has 2 N–H and O–H groups in total. The van der Waals surface area contributed by atoms with Crippen molar-refractivity contribution in [3.05, 3.63) is 65.5 Å². The molecule has 2 aromatic carbocycles. The van der Waals surface area contributed by atoms with Crippen LogP contribution < -0.4 is 10.1 Å². The summed E-state index contributed by atoms with van der Waals surface area (Å²) in [5.41, 5.74) is 1.72. The fourth-order valence-electron chi connectivity index (χ4n) is 4.29. The lowest BCUT2D eigenvalue weighted by Gasteiger charge is -2.32. The molecule has 1 atom stereocenters. The van der Waals surface area contributed by atoms with Gasteiger partial charge in [0.05, 0.1) is 6.61 Å². The van der Waals surface area contributed by atoms with E-state index in [0.29, 0.717) is 50.9 Å². The number of carboxylic acid groups (broad SMARTS) is 1. The van der Waals surface area contributed by atoms with E-state index in [9.17, 15) is 23.9 Å². The quantitative estimate of drug-likeness (QED) is 0.508. The number of nitrogens with zero attached hydrogens (tertiary/aromatic N) is 1. The zero-order chi connectivity index (χ0) is 25.2. The molecular weight excluding hydrogens is 451 g/mol. The van der Waals surface area contributed by atoms with Gasteiger partial charge in [-0.1, -0.05) is 24.3 Å². The fraction of sp³-hybridized carbons (Fsp3) is 0.444. The second kappa shape index (κ2) is 12.9. The van der Waals surface area contributed by atoms with Gasteiger partial charge in [-0.2, -0.15) is 0 Å². The maximum atomic E-state index is 13.1. The zero-order valence-corrected chi connectivity index (χ0v) is 20.0. The molecule has 8 heteroatoms. The van der Waals surface area contributed by atoms with Crippen LogP contribution in [-0.2, 0) is 27.2 Å². The summed E-state index contributed by atoms with van der Waals surface area (Å²) < 4.78 is 18.5. The summed E-state index contributed by atoms with van der Waals surface area (Å²) in [5.74, 6) is -0.822. The number of carbonyl (C=O) groups excluding carboxylic acids is 2. The van der Waals surface area contributed by atoms with E-state index in [1.165, 1.54) is 24.3 Å². The van der Waals surface area contributed by atoms with Crippen LogP contribution in [0.4, 0.5) is 4.39 Å². The second-order valence-electron chi connectivity index (χ2n) is 8.89. The van der Waals surface area contributed by atoms with Crippen molar-refractivity contribution < 1.29 is 28.6 Å². The van der Waals surface area contributed by atoms with E-state index < -0.39 is 17.8 Å². The standard InChI is InChI=1S/C27H33FN2O5/c1-2-35-23-10-5-19(6-11-23)7-12-26(32)30-15-13-21(14-16-30)18-25(31)29-24(27(33)34)17-20-3-8-22(28)9-4-20/h3-6,8-11,21,24H,2,7,12-18H2,1H3,(H,29,31)(H,33,34). The van der Waals surface area contributed by atoms with Crippen molar-refractivity contribution in [1.29, 1.82) is 0 Å². The third kappa shape index (κ3) is 8.38. The number of aryl methyl sites for hydroxylation is 1. The fourth-order valence-corrected chi connectivity index (χ4v) is 4.29. The van der Waals surface area contributed by atoms with Crippen molar-refractivity contribution in [2.45, 2.75) is 51.5 Å². The van der Waals surface area contributed by atoms with E-state index in [4.69, 9.17) is 4.74 Å². The molecule has 0 aliphatic carbocycles. The number of ether oxygens (including phenoxy) is 1. The van der Waals surface area contributed by atoms with Crippen LogP contribution in [0.25, 0.3) is 0 Å². The highest BCUT2D eigenvalue weighted by Crippen LogP contribution is 2.22. The van der Waals surface area contributed by atoms with Crippen LogP contribution in [0.1, 0.15) is 43.7 Å². The number of hydrogen-bond acceptors (Lipinski definition) is 4. The van der Waals surface area contributed by atoms with Gasteiger partial charge in [0, 0.05) is 32.4 Å². The molecule has 2 aromatic rings. The number of piperidine rings is 1. The predicted molar refractivity (Wildman–Crippen MR) is 130 cm³/mol. The summed E-state index contributed by atoms with van der Waals surface area (Å²) in [5, 5.41) is 12.1. The maximum Gasteiger partial charge on any atom is 0.326 e. The summed E-state index contributed by atoms with van der Waals surface area (Å²) >= 11 is 0. The van der Waals surface area contributed by atoms with Gasteiger partial charge in [0.15, 0.2) is 0 Å². The Hall–Kier alpha value is -3.42. The highest BCUT2D eigenvalue weighted by molar-refractivity contribution is 5.84. The molecule has 2 amide bonds. The van der Waals surface area contributed by atoms with Crippen molar-refractivity contribution in [3.8, 4) is 5.75 Å². The monoisotopic (exact) mass is 484 g/mol. The lowest BCUT2D eigenvalue weighted by molar-refractivity contribution is -0.142. The highest BCUT2D eigenvalue weighted by atomic mass is 19.1. The van der Waals surface area contributed by atoms with Gasteiger partial charge in [-0.3, -0.25) is 9.59 Å². The molecule has 188 valence electrons. The molecule has 1 saturated heterocycles. The normalized spacial score (nSPS) is 14.9. The molecule has 1 aliphatic rings. The van der Waals surface area contributed by atoms with Gasteiger partial charge in [-0.15, -0.1) is 0 Å². The van der Waals surface area contributed by atoms with E-state index in [0.717, 1.165) is 11.3 Å². The van der Waals surface area contributed by atoms with E-state index in [1.54, 1.807) is 0 Å². The summed E-state index contributed by atoms with van der Waals surface area (Å²) in [4.78, 5) is 38.5. The molecule has 1 aliphatic heterocycles. The lowest BCUT2D eigenvalue weighted by atomic mass is 9.92. The van der Waals surface area contributed by atoms with Gasteiger partial charge in [0.1, 0.15) is 17.6 Å². The number of hydrogen-bond donors (Lipinski definition) is 2. The maximum absolute atomic E-state index is 13.1. The number of aliphatic carboxylic acids is 1. The molecule has 0 spiro atoms. The average molecular weight is 485 g/mol. The molecule has 0 saturated carbocycles. The van der Waals surface area contributed by atoms with E-state index in [1.807, 2.05) is 36.1 Å². The van der Waals surface area contributed by atoms with Crippen molar-refractivity contribution in [1.82, 2.24) is 10.2 Å². The van der Waals surface area contributed by atoms with Crippen LogP contribution >= 0.6 is 0 Å². The zero-order valence-electron chi connectivity index (χ0n) is 20.0. The Morgan fingerprint density at radius 3 is 2.29 bits per heavy atom. The second-order valence-corrected chi connectivity index (χ2v) is 8.89. The lowest BCUT2D eigenvalue weighted by Crippen LogP contribution is -2.44. The Kier molecular flexibility index (Phi) is 9.64. The van der Waals surface area contributed by atoms with E-state index in [2.05, 4.69) is 5.32 Å². The van der Waals surface area contributed by atoms with Crippen molar-refractivity contribution >= 4 is 17.8 Å². The number of halogens is 1.